The quantitative estimate of drug-likeness (QED) is 0.191. The lowest BCUT2D eigenvalue weighted by atomic mass is 9.79. The molecule has 0 amide bonds. The number of esters is 1. The first kappa shape index (κ1) is 35.6. The predicted octanol–water partition coefficient (Wildman–Crippen LogP) is 7.22. The Morgan fingerprint density at radius 1 is 0.458 bits per heavy atom. The van der Waals surface area contributed by atoms with Gasteiger partial charge in [-0.1, -0.05) is 57.8 Å². The van der Waals surface area contributed by atoms with Gasteiger partial charge >= 0.3 is 5.97 Å². The molecule has 7 rings (SSSR count). The second-order valence-corrected chi connectivity index (χ2v) is 17.2. The minimum atomic E-state index is -0.480. The van der Waals surface area contributed by atoms with Gasteiger partial charge in [0.1, 0.15) is 6.10 Å². The largest absolute Gasteiger partial charge is 0.462 e. The minimum absolute atomic E-state index is 0.0188. The molecule has 6 aliphatic carbocycles. The van der Waals surface area contributed by atoms with Crippen LogP contribution in [0.25, 0.3) is 0 Å². The Kier molecular flexibility index (Phi) is 13.1. The molecule has 0 aromatic heterocycles. The maximum absolute atomic E-state index is 12.9. The molecule has 0 spiro atoms. The lowest BCUT2D eigenvalue weighted by Gasteiger charge is -2.50. The first-order valence-corrected chi connectivity index (χ1v) is 21.0. The number of carbonyl (C=O) groups excluding carboxylic acids is 1. The maximum Gasteiger partial charge on any atom is 0.309 e. The van der Waals surface area contributed by atoms with E-state index in [1.807, 2.05) is 0 Å². The molecule has 8 heteroatoms. The number of hydrogen-bond donors (Lipinski definition) is 4. The van der Waals surface area contributed by atoms with Crippen molar-refractivity contribution in [3.8, 4) is 0 Å². The van der Waals surface area contributed by atoms with Crippen molar-refractivity contribution in [1.29, 1.82) is 0 Å². The van der Waals surface area contributed by atoms with Crippen LogP contribution >= 0.6 is 0 Å². The lowest BCUT2D eigenvalue weighted by Crippen LogP contribution is -2.73. The van der Waals surface area contributed by atoms with Crippen LogP contribution in [0.15, 0.2) is 0 Å². The molecule has 0 aromatic carbocycles. The molecule has 5 unspecified atom stereocenters. The second-order valence-electron chi connectivity index (χ2n) is 17.2. The van der Waals surface area contributed by atoms with Crippen LogP contribution in [-0.2, 0) is 19.0 Å². The van der Waals surface area contributed by atoms with E-state index in [1.165, 1.54) is 96.3 Å². The van der Waals surface area contributed by atoms with Crippen molar-refractivity contribution in [2.24, 2.45) is 23.7 Å². The smallest absolute Gasteiger partial charge is 0.309 e. The number of nitrogens with one attached hydrogen (secondary N) is 3. The molecule has 1 saturated heterocycles. The van der Waals surface area contributed by atoms with Gasteiger partial charge < -0.3 is 19.3 Å². The predicted molar refractivity (Wildman–Crippen MR) is 188 cm³/mol. The zero-order chi connectivity index (χ0) is 32.7. The zero-order valence-corrected chi connectivity index (χ0v) is 30.0. The van der Waals surface area contributed by atoms with E-state index in [2.05, 4.69) is 16.0 Å². The molecule has 6 saturated carbocycles. The van der Waals surface area contributed by atoms with Gasteiger partial charge in [-0.15, -0.1) is 0 Å². The molecular formula is C40H69N3O5. The van der Waals surface area contributed by atoms with Crippen molar-refractivity contribution < 1.29 is 24.1 Å². The fourth-order valence-corrected chi connectivity index (χ4v) is 10.8. The Morgan fingerprint density at radius 3 is 1.35 bits per heavy atom. The monoisotopic (exact) mass is 672 g/mol. The summed E-state index contributed by atoms with van der Waals surface area (Å²) in [5.41, 5.74) is 0. The van der Waals surface area contributed by atoms with Gasteiger partial charge in [-0.25, -0.2) is 0 Å². The fraction of sp³-hybridized carbons (Fsp3) is 0.975. The van der Waals surface area contributed by atoms with Crippen LogP contribution in [0.2, 0.25) is 0 Å². The summed E-state index contributed by atoms with van der Waals surface area (Å²) >= 11 is 0. The molecule has 1 aliphatic heterocycles. The highest BCUT2D eigenvalue weighted by Crippen LogP contribution is 2.37. The summed E-state index contributed by atoms with van der Waals surface area (Å²) in [6.45, 7) is 0. The number of ether oxygens (including phenoxy) is 3. The van der Waals surface area contributed by atoms with Crippen LogP contribution in [0.1, 0.15) is 167 Å². The summed E-state index contributed by atoms with van der Waals surface area (Å²) in [7, 11) is 0. The highest BCUT2D eigenvalue weighted by atomic mass is 16.5. The Hall–Kier alpha value is -0.770. The molecule has 48 heavy (non-hydrogen) atoms. The van der Waals surface area contributed by atoms with Crippen molar-refractivity contribution in [1.82, 2.24) is 16.0 Å². The van der Waals surface area contributed by atoms with Gasteiger partial charge in [0.05, 0.1) is 54.9 Å². The van der Waals surface area contributed by atoms with Crippen LogP contribution in [-0.4, -0.2) is 66.2 Å². The normalized spacial score (nSPS) is 41.5. The summed E-state index contributed by atoms with van der Waals surface area (Å²) in [5.74, 6) is 1.29. The van der Waals surface area contributed by atoms with Crippen LogP contribution in [0.3, 0.4) is 0 Å². The van der Waals surface area contributed by atoms with Gasteiger partial charge in [-0.3, -0.25) is 20.7 Å². The van der Waals surface area contributed by atoms with Crippen molar-refractivity contribution in [3.63, 3.8) is 0 Å². The molecule has 7 aliphatic rings. The van der Waals surface area contributed by atoms with Crippen LogP contribution in [0.4, 0.5) is 0 Å². The van der Waals surface area contributed by atoms with Crippen molar-refractivity contribution in [2.45, 2.75) is 222 Å². The van der Waals surface area contributed by atoms with E-state index in [9.17, 15) is 9.90 Å². The van der Waals surface area contributed by atoms with E-state index < -0.39 is 6.10 Å². The van der Waals surface area contributed by atoms with E-state index in [1.54, 1.807) is 0 Å². The molecule has 1 heterocycles. The second kappa shape index (κ2) is 17.6. The van der Waals surface area contributed by atoms with Crippen molar-refractivity contribution >= 4 is 5.97 Å². The standard InChI is InChI=1S/C40H69N3O5/c44-36-26-34(48-40(45)29-10-4-1-5-11-29)24-25-35(36)39-42-37(27-16-20-32(21-17-27)46-30-12-6-2-7-13-30)41-38(43-39)28-18-22-33(23-19-28)47-31-14-8-3-9-15-31/h27-39,41-44H,1-26H2. The fourth-order valence-electron chi connectivity index (χ4n) is 10.8. The molecule has 8 nitrogen and oxygen atoms in total. The maximum atomic E-state index is 12.9. The number of hydrogen-bond acceptors (Lipinski definition) is 8. The minimum Gasteiger partial charge on any atom is -0.462 e. The average Bonchev–Trinajstić information content (AvgIpc) is 3.13. The topological polar surface area (TPSA) is 101 Å². The number of aliphatic hydroxyl groups excluding tert-OH is 1. The SMILES string of the molecule is O=C(OC1CCC(C2NC(C3CCC(OC4CCCCC4)CC3)NC(C3CCC(OC4CCCCC4)CC3)N2)C(O)C1)C1CCCCC1. The number of carbonyl (C=O) groups is 1. The zero-order valence-electron chi connectivity index (χ0n) is 30.0. The molecule has 5 atom stereocenters. The molecule has 274 valence electrons. The molecule has 0 radical (unpaired) electrons. The summed E-state index contributed by atoms with van der Waals surface area (Å²) in [4.78, 5) is 12.9. The van der Waals surface area contributed by atoms with Crippen LogP contribution < -0.4 is 16.0 Å². The molecule has 0 aromatic rings. The number of rotatable bonds is 9. The average molecular weight is 672 g/mol. The highest BCUT2D eigenvalue weighted by molar-refractivity contribution is 5.72. The summed E-state index contributed by atoms with van der Waals surface area (Å²) in [6.07, 6.45) is 31.9. The molecule has 7 fully saturated rings. The van der Waals surface area contributed by atoms with Crippen LogP contribution in [0.5, 0.6) is 0 Å². The Morgan fingerprint density at radius 2 is 0.875 bits per heavy atom. The number of aliphatic hydroxyl groups is 1. The Bertz CT molecular complexity index is 918. The third-order valence-electron chi connectivity index (χ3n) is 13.8. The highest BCUT2D eigenvalue weighted by Gasteiger charge is 2.44. The van der Waals surface area contributed by atoms with Crippen molar-refractivity contribution in [3.05, 3.63) is 0 Å². The van der Waals surface area contributed by atoms with Crippen molar-refractivity contribution in [2.75, 3.05) is 0 Å². The third kappa shape index (κ3) is 9.56. The van der Waals surface area contributed by atoms with Gasteiger partial charge in [0.2, 0.25) is 0 Å². The van der Waals surface area contributed by atoms with Gasteiger partial charge in [-0.2, -0.15) is 0 Å². The molecule has 0 bridgehead atoms. The van der Waals surface area contributed by atoms with Gasteiger partial charge in [0, 0.05) is 12.3 Å². The van der Waals surface area contributed by atoms with E-state index >= 15 is 0 Å². The van der Waals surface area contributed by atoms with Gasteiger partial charge in [0.15, 0.2) is 0 Å². The Balaban J connectivity index is 0.950. The van der Waals surface area contributed by atoms with Crippen LogP contribution in [0, 0.1) is 23.7 Å². The first-order chi connectivity index (χ1) is 23.6. The van der Waals surface area contributed by atoms with E-state index in [4.69, 9.17) is 14.2 Å². The third-order valence-corrected chi connectivity index (χ3v) is 13.8. The van der Waals surface area contributed by atoms with Gasteiger partial charge in [0.25, 0.3) is 0 Å². The molecular weight excluding hydrogens is 602 g/mol. The lowest BCUT2D eigenvalue weighted by molar-refractivity contribution is -0.160. The summed E-state index contributed by atoms with van der Waals surface area (Å²) in [6, 6.07) is 0. The molecule has 4 N–H and O–H groups in total. The van der Waals surface area contributed by atoms with Gasteiger partial charge in [-0.05, 0) is 115 Å². The first-order valence-electron chi connectivity index (χ1n) is 21.0. The Labute approximate surface area is 291 Å². The summed E-state index contributed by atoms with van der Waals surface area (Å²) in [5, 5.41) is 23.7. The van der Waals surface area contributed by atoms with E-state index in [0.717, 1.165) is 64.2 Å². The van der Waals surface area contributed by atoms with E-state index in [0.29, 0.717) is 42.7 Å². The summed E-state index contributed by atoms with van der Waals surface area (Å²) < 4.78 is 19.3. The van der Waals surface area contributed by atoms with E-state index in [-0.39, 0.29) is 42.4 Å².